The van der Waals surface area contributed by atoms with Gasteiger partial charge in [0.15, 0.2) is 0 Å². The van der Waals surface area contributed by atoms with Crippen molar-refractivity contribution in [1.29, 1.82) is 0 Å². The number of carbonyl (C=O) groups is 1. The van der Waals surface area contributed by atoms with Gasteiger partial charge in [-0.2, -0.15) is 0 Å². The number of hydrogen-bond donors (Lipinski definition) is 0. The lowest BCUT2D eigenvalue weighted by molar-refractivity contribution is -0.149. The molecular formula is C13H17FO2. The number of ether oxygens (including phenoxy) is 1. The molecule has 1 unspecified atom stereocenters. The molecule has 3 heteroatoms. The fourth-order valence-corrected chi connectivity index (χ4v) is 1.37. The van der Waals surface area contributed by atoms with Crippen LogP contribution in [0, 0.1) is 5.92 Å². The summed E-state index contributed by atoms with van der Waals surface area (Å²) in [7, 11) is 0. The van der Waals surface area contributed by atoms with Gasteiger partial charge in [-0.25, -0.2) is 0 Å². The third-order valence-electron chi connectivity index (χ3n) is 2.40. The maximum absolute atomic E-state index is 11.9. The summed E-state index contributed by atoms with van der Waals surface area (Å²) in [5, 5.41) is 0. The average Bonchev–Trinajstić information content (AvgIpc) is 2.34. The number of halogens is 1. The molecule has 0 amide bonds. The Labute approximate surface area is 95.4 Å². The van der Waals surface area contributed by atoms with E-state index in [1.165, 1.54) is 0 Å². The molecule has 1 aromatic carbocycles. The van der Waals surface area contributed by atoms with Crippen molar-refractivity contribution in [1.82, 2.24) is 0 Å². The van der Waals surface area contributed by atoms with Gasteiger partial charge in [0.2, 0.25) is 0 Å². The van der Waals surface area contributed by atoms with E-state index in [0.29, 0.717) is 19.4 Å². The molecule has 0 spiro atoms. The second-order valence-electron chi connectivity index (χ2n) is 3.83. The highest BCUT2D eigenvalue weighted by molar-refractivity contribution is 5.71. The Kier molecular flexibility index (Phi) is 5.54. The maximum atomic E-state index is 11.9. The molecular weight excluding hydrogens is 207 g/mol. The molecule has 0 aliphatic heterocycles. The fourth-order valence-electron chi connectivity index (χ4n) is 1.37. The lowest BCUT2D eigenvalue weighted by Gasteiger charge is -2.10. The number of alkyl halides is 1. The number of esters is 1. The van der Waals surface area contributed by atoms with Gasteiger partial charge in [0, 0.05) is 0 Å². The first-order valence-electron chi connectivity index (χ1n) is 5.50. The van der Waals surface area contributed by atoms with E-state index in [4.69, 9.17) is 4.74 Å². The summed E-state index contributed by atoms with van der Waals surface area (Å²) < 4.78 is 17.0. The van der Waals surface area contributed by atoms with Crippen molar-refractivity contribution in [2.24, 2.45) is 5.92 Å². The van der Waals surface area contributed by atoms with Crippen LogP contribution < -0.4 is 0 Å². The van der Waals surface area contributed by atoms with E-state index in [1.807, 2.05) is 30.3 Å². The van der Waals surface area contributed by atoms with Crippen molar-refractivity contribution in [2.45, 2.75) is 26.4 Å². The highest BCUT2D eigenvalue weighted by Crippen LogP contribution is 2.10. The average molecular weight is 224 g/mol. The van der Waals surface area contributed by atoms with Gasteiger partial charge >= 0.3 is 5.97 Å². The topological polar surface area (TPSA) is 26.3 Å². The van der Waals surface area contributed by atoms with Crippen molar-refractivity contribution in [2.75, 3.05) is 6.67 Å². The largest absolute Gasteiger partial charge is 0.461 e. The van der Waals surface area contributed by atoms with E-state index in [2.05, 4.69) is 0 Å². The molecule has 16 heavy (non-hydrogen) atoms. The van der Waals surface area contributed by atoms with Crippen LogP contribution >= 0.6 is 0 Å². The van der Waals surface area contributed by atoms with Gasteiger partial charge in [0.1, 0.15) is 6.61 Å². The van der Waals surface area contributed by atoms with Gasteiger partial charge in [-0.05, 0) is 18.4 Å². The van der Waals surface area contributed by atoms with Gasteiger partial charge in [-0.15, -0.1) is 0 Å². The zero-order valence-corrected chi connectivity index (χ0v) is 9.49. The summed E-state index contributed by atoms with van der Waals surface area (Å²) in [6, 6.07) is 9.51. The van der Waals surface area contributed by atoms with Crippen LogP contribution in [0.3, 0.4) is 0 Å². The lowest BCUT2D eigenvalue weighted by atomic mass is 10.1. The smallest absolute Gasteiger partial charge is 0.308 e. The van der Waals surface area contributed by atoms with Crippen molar-refractivity contribution in [3.8, 4) is 0 Å². The first kappa shape index (κ1) is 12.7. The molecule has 0 radical (unpaired) electrons. The second kappa shape index (κ2) is 6.99. The molecule has 1 aromatic rings. The Morgan fingerprint density at radius 1 is 1.38 bits per heavy atom. The number of rotatable bonds is 6. The highest BCUT2D eigenvalue weighted by atomic mass is 19.1. The molecule has 1 atom stereocenters. The molecule has 0 aromatic heterocycles. The van der Waals surface area contributed by atoms with E-state index in [-0.39, 0.29) is 18.6 Å². The molecule has 0 aliphatic rings. The zero-order valence-electron chi connectivity index (χ0n) is 9.49. The number of hydrogen-bond acceptors (Lipinski definition) is 2. The van der Waals surface area contributed by atoms with Crippen LogP contribution in [-0.4, -0.2) is 12.6 Å². The Morgan fingerprint density at radius 3 is 2.69 bits per heavy atom. The quantitative estimate of drug-likeness (QED) is 0.694. The van der Waals surface area contributed by atoms with E-state index in [0.717, 1.165) is 5.56 Å². The highest BCUT2D eigenvalue weighted by Gasteiger charge is 2.13. The van der Waals surface area contributed by atoms with E-state index in [1.54, 1.807) is 6.92 Å². The van der Waals surface area contributed by atoms with Gasteiger partial charge in [-0.3, -0.25) is 9.18 Å². The predicted molar refractivity (Wildman–Crippen MR) is 60.6 cm³/mol. The maximum Gasteiger partial charge on any atom is 0.308 e. The molecule has 0 saturated heterocycles. The van der Waals surface area contributed by atoms with Crippen molar-refractivity contribution >= 4 is 5.97 Å². The predicted octanol–water partition coefficient (Wildman–Crippen LogP) is 3.12. The molecule has 0 N–H and O–H groups in total. The summed E-state index contributed by atoms with van der Waals surface area (Å²) >= 11 is 0. The van der Waals surface area contributed by atoms with Gasteiger partial charge in [-0.1, -0.05) is 37.3 Å². The Balaban J connectivity index is 2.29. The van der Waals surface area contributed by atoms with Crippen molar-refractivity contribution in [3.63, 3.8) is 0 Å². The first-order valence-corrected chi connectivity index (χ1v) is 5.50. The molecule has 88 valence electrons. The van der Waals surface area contributed by atoms with Gasteiger partial charge in [0.05, 0.1) is 12.6 Å². The minimum atomic E-state index is -0.379. The molecule has 2 nitrogen and oxygen atoms in total. The summed E-state index contributed by atoms with van der Waals surface area (Å²) in [5.74, 6) is -0.475. The van der Waals surface area contributed by atoms with Crippen LogP contribution in [0.1, 0.15) is 25.3 Å². The van der Waals surface area contributed by atoms with Crippen molar-refractivity contribution < 1.29 is 13.9 Å². The molecule has 0 bridgehead atoms. The van der Waals surface area contributed by atoms with Crippen LogP contribution in [0.4, 0.5) is 4.39 Å². The second-order valence-corrected chi connectivity index (χ2v) is 3.83. The molecule has 0 aliphatic carbocycles. The Morgan fingerprint density at radius 2 is 2.06 bits per heavy atom. The first-order chi connectivity index (χ1) is 7.74. The monoisotopic (exact) mass is 224 g/mol. The minimum Gasteiger partial charge on any atom is -0.461 e. The summed E-state index contributed by atoms with van der Waals surface area (Å²) in [6.45, 7) is 1.68. The summed E-state index contributed by atoms with van der Waals surface area (Å²) in [4.78, 5) is 11.5. The van der Waals surface area contributed by atoms with Gasteiger partial charge < -0.3 is 4.74 Å². The van der Waals surface area contributed by atoms with Crippen LogP contribution in [0.2, 0.25) is 0 Å². The van der Waals surface area contributed by atoms with E-state index < -0.39 is 0 Å². The van der Waals surface area contributed by atoms with Gasteiger partial charge in [0.25, 0.3) is 0 Å². The summed E-state index contributed by atoms with van der Waals surface area (Å²) in [5.41, 5.74) is 0.966. The normalized spacial score (nSPS) is 12.1. The van der Waals surface area contributed by atoms with Crippen LogP contribution in [-0.2, 0) is 16.1 Å². The lowest BCUT2D eigenvalue weighted by Crippen LogP contribution is -2.14. The third-order valence-corrected chi connectivity index (χ3v) is 2.40. The minimum absolute atomic E-state index is 0.223. The number of benzene rings is 1. The molecule has 0 heterocycles. The van der Waals surface area contributed by atoms with Crippen LogP contribution in [0.15, 0.2) is 30.3 Å². The molecule has 0 fully saturated rings. The molecule has 0 saturated carbocycles. The Bertz CT molecular complexity index is 311. The summed E-state index contributed by atoms with van der Waals surface area (Å²) in [6.07, 6.45) is 0.964. The fraction of sp³-hybridized carbons (Fsp3) is 0.462. The van der Waals surface area contributed by atoms with E-state index in [9.17, 15) is 9.18 Å². The SMILES string of the molecule is CC(CCCF)C(=O)OCc1ccccc1. The van der Waals surface area contributed by atoms with E-state index >= 15 is 0 Å². The standard InChI is InChI=1S/C13H17FO2/c1-11(6-5-9-14)13(15)16-10-12-7-3-2-4-8-12/h2-4,7-8,11H,5-6,9-10H2,1H3. The number of carbonyl (C=O) groups excluding carboxylic acids is 1. The van der Waals surface area contributed by atoms with Crippen LogP contribution in [0.25, 0.3) is 0 Å². The van der Waals surface area contributed by atoms with Crippen molar-refractivity contribution in [3.05, 3.63) is 35.9 Å². The van der Waals surface area contributed by atoms with Crippen LogP contribution in [0.5, 0.6) is 0 Å². The zero-order chi connectivity index (χ0) is 11.8. The Hall–Kier alpha value is -1.38. The third kappa shape index (κ3) is 4.43. The molecule has 1 rings (SSSR count).